The van der Waals surface area contributed by atoms with Gasteiger partial charge in [-0.05, 0) is 19.8 Å². The molecule has 0 saturated heterocycles. The van der Waals surface area contributed by atoms with Crippen molar-refractivity contribution in [1.29, 1.82) is 0 Å². The fourth-order valence-electron chi connectivity index (χ4n) is 1.53. The second-order valence-corrected chi connectivity index (χ2v) is 4.54. The molecular weight excluding hydrogens is 216 g/mol. The highest BCUT2D eigenvalue weighted by Crippen LogP contribution is 2.07. The van der Waals surface area contributed by atoms with Crippen LogP contribution in [0.25, 0.3) is 0 Å². The lowest BCUT2D eigenvalue weighted by molar-refractivity contribution is 0.0926. The van der Waals surface area contributed by atoms with E-state index in [-0.39, 0.29) is 22.9 Å². The van der Waals surface area contributed by atoms with Crippen LogP contribution in [0.5, 0.6) is 0 Å². The zero-order valence-electron chi connectivity index (χ0n) is 10.8. The number of aromatic amines is 1. The SMILES string of the molecule is CCC(C)C(C)NC(=O)c1c[nH]c(C)cc1=O. The molecule has 0 bridgehead atoms. The number of pyridine rings is 1. The quantitative estimate of drug-likeness (QED) is 0.838. The fourth-order valence-corrected chi connectivity index (χ4v) is 1.53. The third kappa shape index (κ3) is 3.44. The van der Waals surface area contributed by atoms with Crippen LogP contribution in [0.2, 0.25) is 0 Å². The Kier molecular flexibility index (Phi) is 4.49. The smallest absolute Gasteiger partial charge is 0.256 e. The van der Waals surface area contributed by atoms with Crippen molar-refractivity contribution < 1.29 is 4.79 Å². The number of aromatic nitrogens is 1. The predicted octanol–water partition coefficient (Wildman–Crippen LogP) is 1.85. The van der Waals surface area contributed by atoms with E-state index in [1.54, 1.807) is 6.92 Å². The molecule has 2 unspecified atom stereocenters. The number of rotatable bonds is 4. The Labute approximate surface area is 101 Å². The van der Waals surface area contributed by atoms with E-state index in [4.69, 9.17) is 0 Å². The molecule has 0 aliphatic heterocycles. The second-order valence-electron chi connectivity index (χ2n) is 4.54. The second kappa shape index (κ2) is 5.66. The molecule has 0 aliphatic carbocycles. The normalized spacial score (nSPS) is 14.1. The van der Waals surface area contributed by atoms with Crippen LogP contribution in [0.15, 0.2) is 17.1 Å². The molecule has 0 fully saturated rings. The van der Waals surface area contributed by atoms with Gasteiger partial charge in [0.25, 0.3) is 5.91 Å². The van der Waals surface area contributed by atoms with E-state index in [1.807, 2.05) is 6.92 Å². The maximum Gasteiger partial charge on any atom is 0.256 e. The van der Waals surface area contributed by atoms with Crippen molar-refractivity contribution >= 4 is 5.91 Å². The minimum Gasteiger partial charge on any atom is -0.364 e. The number of carbonyl (C=O) groups is 1. The number of hydrogen-bond acceptors (Lipinski definition) is 2. The average Bonchev–Trinajstić information content (AvgIpc) is 2.27. The van der Waals surface area contributed by atoms with Gasteiger partial charge in [-0.25, -0.2) is 0 Å². The first-order valence-electron chi connectivity index (χ1n) is 5.96. The van der Waals surface area contributed by atoms with Crippen LogP contribution < -0.4 is 10.7 Å². The van der Waals surface area contributed by atoms with E-state index in [1.165, 1.54) is 12.3 Å². The van der Waals surface area contributed by atoms with Gasteiger partial charge < -0.3 is 10.3 Å². The molecule has 1 aromatic rings. The van der Waals surface area contributed by atoms with Crippen molar-refractivity contribution in [3.63, 3.8) is 0 Å². The van der Waals surface area contributed by atoms with Crippen molar-refractivity contribution in [2.24, 2.45) is 5.92 Å². The van der Waals surface area contributed by atoms with Crippen LogP contribution in [-0.2, 0) is 0 Å². The fraction of sp³-hybridized carbons (Fsp3) is 0.538. The summed E-state index contributed by atoms with van der Waals surface area (Å²) in [6.07, 6.45) is 2.46. The molecule has 0 aliphatic rings. The van der Waals surface area contributed by atoms with Gasteiger partial charge in [0.05, 0.1) is 0 Å². The maximum absolute atomic E-state index is 11.9. The zero-order valence-corrected chi connectivity index (χ0v) is 10.8. The number of amides is 1. The molecule has 1 heterocycles. The monoisotopic (exact) mass is 236 g/mol. The summed E-state index contributed by atoms with van der Waals surface area (Å²) in [7, 11) is 0. The Bertz CT molecular complexity index is 451. The molecule has 4 nitrogen and oxygen atoms in total. The highest BCUT2D eigenvalue weighted by Gasteiger charge is 2.16. The van der Waals surface area contributed by atoms with Crippen molar-refractivity contribution in [3.8, 4) is 0 Å². The molecular formula is C13H20N2O2. The molecule has 4 heteroatoms. The summed E-state index contributed by atoms with van der Waals surface area (Å²) >= 11 is 0. The summed E-state index contributed by atoms with van der Waals surface area (Å²) in [6, 6.07) is 1.50. The lowest BCUT2D eigenvalue weighted by atomic mass is 10.0. The van der Waals surface area contributed by atoms with Gasteiger partial charge in [0.1, 0.15) is 5.56 Å². The number of aryl methyl sites for hydroxylation is 1. The zero-order chi connectivity index (χ0) is 13.0. The highest BCUT2D eigenvalue weighted by molar-refractivity contribution is 5.93. The third-order valence-electron chi connectivity index (χ3n) is 3.16. The number of nitrogens with one attached hydrogen (secondary N) is 2. The molecule has 1 rings (SSSR count). The number of hydrogen-bond donors (Lipinski definition) is 2. The van der Waals surface area contributed by atoms with E-state index in [0.717, 1.165) is 12.1 Å². The van der Waals surface area contributed by atoms with Gasteiger partial charge in [0.15, 0.2) is 5.43 Å². The molecule has 94 valence electrons. The molecule has 17 heavy (non-hydrogen) atoms. The van der Waals surface area contributed by atoms with Crippen LogP contribution in [0, 0.1) is 12.8 Å². The van der Waals surface area contributed by atoms with Gasteiger partial charge >= 0.3 is 0 Å². The maximum atomic E-state index is 11.9. The molecule has 2 atom stereocenters. The van der Waals surface area contributed by atoms with E-state index in [2.05, 4.69) is 24.1 Å². The summed E-state index contributed by atoms with van der Waals surface area (Å²) in [5.41, 5.74) is 0.683. The Hall–Kier alpha value is -1.58. The first-order valence-corrected chi connectivity index (χ1v) is 5.96. The van der Waals surface area contributed by atoms with Gasteiger partial charge in [-0.1, -0.05) is 20.3 Å². The van der Waals surface area contributed by atoms with E-state index < -0.39 is 0 Å². The third-order valence-corrected chi connectivity index (χ3v) is 3.16. The minimum absolute atomic E-state index is 0.0632. The van der Waals surface area contributed by atoms with E-state index in [0.29, 0.717) is 5.92 Å². The summed E-state index contributed by atoms with van der Waals surface area (Å²) in [5.74, 6) is 0.0857. The molecule has 0 spiro atoms. The van der Waals surface area contributed by atoms with E-state index >= 15 is 0 Å². The van der Waals surface area contributed by atoms with E-state index in [9.17, 15) is 9.59 Å². The first-order chi connectivity index (χ1) is 7.95. The van der Waals surface area contributed by atoms with Crippen molar-refractivity contribution in [2.75, 3.05) is 0 Å². The van der Waals surface area contributed by atoms with Gasteiger partial charge in [0.2, 0.25) is 0 Å². The summed E-state index contributed by atoms with van der Waals surface area (Å²) in [6.45, 7) is 7.88. The lowest BCUT2D eigenvalue weighted by Gasteiger charge is -2.19. The van der Waals surface area contributed by atoms with Crippen LogP contribution in [-0.4, -0.2) is 16.9 Å². The summed E-state index contributed by atoms with van der Waals surface area (Å²) < 4.78 is 0. The Morgan fingerprint density at radius 1 is 1.47 bits per heavy atom. The van der Waals surface area contributed by atoms with Gasteiger partial charge in [-0.2, -0.15) is 0 Å². The van der Waals surface area contributed by atoms with Crippen LogP contribution in [0.3, 0.4) is 0 Å². The Morgan fingerprint density at radius 3 is 2.65 bits per heavy atom. The molecule has 0 radical (unpaired) electrons. The molecule has 0 aromatic carbocycles. The van der Waals surface area contributed by atoms with Crippen molar-refractivity contribution in [3.05, 3.63) is 33.7 Å². The Balaban J connectivity index is 2.80. The highest BCUT2D eigenvalue weighted by atomic mass is 16.2. The van der Waals surface area contributed by atoms with Crippen LogP contribution >= 0.6 is 0 Å². The predicted molar refractivity (Wildman–Crippen MR) is 68.2 cm³/mol. The van der Waals surface area contributed by atoms with Gasteiger partial charge in [0, 0.05) is 24.0 Å². The standard InChI is InChI=1S/C13H20N2O2/c1-5-8(2)10(4)15-13(17)11-7-14-9(3)6-12(11)16/h6-8,10H,5H2,1-4H3,(H,14,16)(H,15,17). The Morgan fingerprint density at radius 2 is 2.12 bits per heavy atom. The first kappa shape index (κ1) is 13.5. The van der Waals surface area contributed by atoms with Crippen molar-refractivity contribution in [1.82, 2.24) is 10.3 Å². The van der Waals surface area contributed by atoms with Gasteiger partial charge in [-0.3, -0.25) is 9.59 Å². The largest absolute Gasteiger partial charge is 0.364 e. The average molecular weight is 236 g/mol. The summed E-state index contributed by atoms with van der Waals surface area (Å²) in [4.78, 5) is 26.4. The van der Waals surface area contributed by atoms with Gasteiger partial charge in [-0.15, -0.1) is 0 Å². The molecule has 2 N–H and O–H groups in total. The topological polar surface area (TPSA) is 62.0 Å². The lowest BCUT2D eigenvalue weighted by Crippen LogP contribution is -2.39. The van der Waals surface area contributed by atoms with Crippen LogP contribution in [0.1, 0.15) is 43.2 Å². The molecule has 0 saturated carbocycles. The number of H-pyrrole nitrogens is 1. The minimum atomic E-state index is -0.306. The molecule has 1 aromatic heterocycles. The number of carbonyl (C=O) groups excluding carboxylic acids is 1. The summed E-state index contributed by atoms with van der Waals surface area (Å²) in [5, 5.41) is 2.85. The van der Waals surface area contributed by atoms with Crippen molar-refractivity contribution in [2.45, 2.75) is 40.2 Å². The molecule has 1 amide bonds. The van der Waals surface area contributed by atoms with Crippen LogP contribution in [0.4, 0.5) is 0 Å².